The molecule has 2 aromatic rings. The molecule has 2 aromatic heterocycles. The molecule has 1 fully saturated rings. The van der Waals surface area contributed by atoms with E-state index < -0.39 is 10.2 Å². The Labute approximate surface area is 168 Å². The molecular formula is C17H25N5O4S2. The van der Waals surface area contributed by atoms with Crippen LogP contribution in [0.5, 0.6) is 0 Å². The smallest absolute Gasteiger partial charge is 0.282 e. The van der Waals surface area contributed by atoms with Gasteiger partial charge in [-0.15, -0.1) is 11.3 Å². The second-order valence-electron chi connectivity index (χ2n) is 6.50. The van der Waals surface area contributed by atoms with Gasteiger partial charge in [0.1, 0.15) is 4.83 Å². The number of piperazine rings is 1. The first-order valence-electron chi connectivity index (χ1n) is 9.34. The fourth-order valence-electron chi connectivity index (χ4n) is 3.31. The Morgan fingerprint density at radius 1 is 1.21 bits per heavy atom. The van der Waals surface area contributed by atoms with E-state index in [0.29, 0.717) is 36.4 Å². The molecule has 154 valence electrons. The SMILES string of the molecule is CCN(CC)S(=O)(=O)N1CCN(C(=O)CCn2cnc3sccc3c2=O)CC1. The number of aromatic nitrogens is 2. The first kappa shape index (κ1) is 20.9. The van der Waals surface area contributed by atoms with Crippen molar-refractivity contribution in [1.29, 1.82) is 0 Å². The molecule has 0 radical (unpaired) electrons. The summed E-state index contributed by atoms with van der Waals surface area (Å²) in [5.74, 6) is -0.0859. The van der Waals surface area contributed by atoms with Crippen LogP contribution in [-0.2, 0) is 21.5 Å². The third kappa shape index (κ3) is 4.12. The van der Waals surface area contributed by atoms with Gasteiger partial charge in [-0.25, -0.2) is 4.98 Å². The second-order valence-corrected chi connectivity index (χ2v) is 9.33. The zero-order valence-electron chi connectivity index (χ0n) is 16.1. The summed E-state index contributed by atoms with van der Waals surface area (Å²) in [5.41, 5.74) is -0.144. The van der Waals surface area contributed by atoms with Gasteiger partial charge in [0, 0.05) is 52.2 Å². The topological polar surface area (TPSA) is 95.8 Å². The molecule has 0 spiro atoms. The van der Waals surface area contributed by atoms with Gasteiger partial charge in [-0.05, 0) is 11.4 Å². The summed E-state index contributed by atoms with van der Waals surface area (Å²) in [4.78, 5) is 31.5. The quantitative estimate of drug-likeness (QED) is 0.644. The van der Waals surface area contributed by atoms with Gasteiger partial charge in [0.15, 0.2) is 0 Å². The van der Waals surface area contributed by atoms with Crippen LogP contribution in [0.2, 0.25) is 0 Å². The van der Waals surface area contributed by atoms with Gasteiger partial charge < -0.3 is 4.90 Å². The number of hydrogen-bond donors (Lipinski definition) is 0. The Morgan fingerprint density at radius 3 is 2.54 bits per heavy atom. The van der Waals surface area contributed by atoms with E-state index in [-0.39, 0.29) is 37.5 Å². The van der Waals surface area contributed by atoms with Gasteiger partial charge in [0.25, 0.3) is 15.8 Å². The molecule has 0 aromatic carbocycles. The molecular weight excluding hydrogens is 402 g/mol. The van der Waals surface area contributed by atoms with Crippen LogP contribution in [0.15, 0.2) is 22.6 Å². The van der Waals surface area contributed by atoms with Gasteiger partial charge in [-0.1, -0.05) is 13.8 Å². The van der Waals surface area contributed by atoms with Crippen molar-refractivity contribution in [1.82, 2.24) is 23.1 Å². The molecule has 0 atom stereocenters. The van der Waals surface area contributed by atoms with Gasteiger partial charge in [-0.3, -0.25) is 14.2 Å². The Morgan fingerprint density at radius 2 is 1.89 bits per heavy atom. The van der Waals surface area contributed by atoms with E-state index in [0.717, 1.165) is 0 Å². The van der Waals surface area contributed by atoms with Crippen LogP contribution >= 0.6 is 11.3 Å². The Kier molecular flexibility index (Phi) is 6.48. The van der Waals surface area contributed by atoms with Crippen LogP contribution < -0.4 is 5.56 Å². The number of amides is 1. The number of thiophene rings is 1. The molecule has 0 N–H and O–H groups in total. The minimum atomic E-state index is -3.47. The zero-order valence-corrected chi connectivity index (χ0v) is 17.7. The highest BCUT2D eigenvalue weighted by molar-refractivity contribution is 7.86. The van der Waals surface area contributed by atoms with E-state index in [2.05, 4.69) is 4.98 Å². The van der Waals surface area contributed by atoms with E-state index in [1.807, 2.05) is 19.2 Å². The van der Waals surface area contributed by atoms with Crippen LogP contribution in [0.3, 0.4) is 0 Å². The summed E-state index contributed by atoms with van der Waals surface area (Å²) in [5, 5.41) is 2.38. The lowest BCUT2D eigenvalue weighted by Gasteiger charge is -2.36. The third-order valence-corrected chi connectivity index (χ3v) is 7.97. The standard InChI is InChI=1S/C17H25N5O4S2/c1-3-21(4-2)28(25,26)22-10-8-19(9-11-22)15(23)5-7-20-13-18-16-14(17(20)24)6-12-27-16/h6,12-13H,3-5,7-11H2,1-2H3. The number of aryl methyl sites for hydroxylation is 1. The summed E-state index contributed by atoms with van der Waals surface area (Å²) in [7, 11) is -3.47. The van der Waals surface area contributed by atoms with Crippen molar-refractivity contribution in [3.8, 4) is 0 Å². The predicted octanol–water partition coefficient (Wildman–Crippen LogP) is 0.579. The molecule has 0 unspecified atom stereocenters. The minimum Gasteiger partial charge on any atom is -0.340 e. The molecule has 3 heterocycles. The van der Waals surface area contributed by atoms with E-state index in [1.54, 1.807) is 11.0 Å². The highest BCUT2D eigenvalue weighted by Crippen LogP contribution is 2.14. The Balaban J connectivity index is 1.56. The molecule has 1 saturated heterocycles. The van der Waals surface area contributed by atoms with Gasteiger partial charge >= 0.3 is 0 Å². The Hall–Kier alpha value is -1.82. The van der Waals surface area contributed by atoms with Crippen molar-refractivity contribution >= 4 is 37.7 Å². The monoisotopic (exact) mass is 427 g/mol. The van der Waals surface area contributed by atoms with Crippen LogP contribution in [0.1, 0.15) is 20.3 Å². The third-order valence-electron chi connectivity index (χ3n) is 4.97. The predicted molar refractivity (Wildman–Crippen MR) is 108 cm³/mol. The number of carbonyl (C=O) groups is 1. The largest absolute Gasteiger partial charge is 0.340 e. The average Bonchev–Trinajstić information content (AvgIpc) is 3.18. The number of hydrogen-bond acceptors (Lipinski definition) is 6. The highest BCUT2D eigenvalue weighted by Gasteiger charge is 2.31. The van der Waals surface area contributed by atoms with Crippen LogP contribution in [0.4, 0.5) is 0 Å². The molecule has 0 bridgehead atoms. The molecule has 0 saturated carbocycles. The second kappa shape index (κ2) is 8.68. The molecule has 0 aliphatic carbocycles. The maximum Gasteiger partial charge on any atom is 0.282 e. The van der Waals surface area contributed by atoms with Crippen molar-refractivity contribution in [3.63, 3.8) is 0 Å². The average molecular weight is 428 g/mol. The van der Waals surface area contributed by atoms with E-state index in [1.165, 1.54) is 30.8 Å². The first-order valence-corrected chi connectivity index (χ1v) is 11.6. The minimum absolute atomic E-state index is 0.0859. The van der Waals surface area contributed by atoms with E-state index >= 15 is 0 Å². The van der Waals surface area contributed by atoms with Crippen molar-refractivity contribution < 1.29 is 13.2 Å². The molecule has 28 heavy (non-hydrogen) atoms. The maximum absolute atomic E-state index is 12.6. The fourth-order valence-corrected chi connectivity index (χ4v) is 5.64. The normalized spacial score (nSPS) is 16.2. The first-order chi connectivity index (χ1) is 13.4. The zero-order chi connectivity index (χ0) is 20.3. The molecule has 1 aliphatic rings. The van der Waals surface area contributed by atoms with Crippen molar-refractivity contribution in [3.05, 3.63) is 28.1 Å². The van der Waals surface area contributed by atoms with Crippen LogP contribution in [0.25, 0.3) is 10.2 Å². The fraction of sp³-hybridized carbons (Fsp3) is 0.588. The summed E-state index contributed by atoms with van der Waals surface area (Å²) >= 11 is 1.41. The van der Waals surface area contributed by atoms with E-state index in [9.17, 15) is 18.0 Å². The van der Waals surface area contributed by atoms with E-state index in [4.69, 9.17) is 0 Å². The van der Waals surface area contributed by atoms with Gasteiger partial charge in [0.05, 0.1) is 11.7 Å². The summed E-state index contributed by atoms with van der Waals surface area (Å²) < 4.78 is 29.4. The van der Waals surface area contributed by atoms with Gasteiger partial charge in [-0.2, -0.15) is 17.0 Å². The summed E-state index contributed by atoms with van der Waals surface area (Å²) in [6.45, 7) is 6.01. The van der Waals surface area contributed by atoms with Crippen molar-refractivity contribution in [2.45, 2.75) is 26.8 Å². The van der Waals surface area contributed by atoms with Gasteiger partial charge in [0.2, 0.25) is 5.91 Å². The molecule has 1 amide bonds. The van der Waals surface area contributed by atoms with Crippen LogP contribution in [0, 0.1) is 0 Å². The number of carbonyl (C=O) groups excluding carboxylic acids is 1. The lowest BCUT2D eigenvalue weighted by atomic mass is 10.3. The molecule has 3 rings (SSSR count). The number of fused-ring (bicyclic) bond motifs is 1. The lowest BCUT2D eigenvalue weighted by molar-refractivity contribution is -0.132. The summed E-state index contributed by atoms with van der Waals surface area (Å²) in [6.07, 6.45) is 1.66. The summed E-state index contributed by atoms with van der Waals surface area (Å²) in [6, 6.07) is 1.74. The molecule has 11 heteroatoms. The number of rotatable bonds is 7. The number of nitrogens with zero attached hydrogens (tertiary/aromatic N) is 5. The molecule has 1 aliphatic heterocycles. The maximum atomic E-state index is 12.6. The van der Waals surface area contributed by atoms with Crippen LogP contribution in [-0.4, -0.2) is 76.7 Å². The molecule has 9 nitrogen and oxygen atoms in total. The Bertz CT molecular complexity index is 988. The van der Waals surface area contributed by atoms with Crippen molar-refractivity contribution in [2.24, 2.45) is 0 Å². The van der Waals surface area contributed by atoms with Crippen molar-refractivity contribution in [2.75, 3.05) is 39.3 Å². The highest BCUT2D eigenvalue weighted by atomic mass is 32.2. The lowest BCUT2D eigenvalue weighted by Crippen LogP contribution is -2.54.